The van der Waals surface area contributed by atoms with E-state index >= 15 is 0 Å². The lowest BCUT2D eigenvalue weighted by Gasteiger charge is -2.20. The molecule has 0 aliphatic carbocycles. The Labute approximate surface area is 208 Å². The lowest BCUT2D eigenvalue weighted by Crippen LogP contribution is -2.24. The lowest BCUT2D eigenvalue weighted by atomic mass is 9.88. The number of rotatable bonds is 4. The molecule has 0 unspecified atom stereocenters. The van der Waals surface area contributed by atoms with E-state index in [4.69, 9.17) is 23.8 Å². The molecular formula is C29H23ClN4O. The smallest absolute Gasteiger partial charge is 0.255 e. The van der Waals surface area contributed by atoms with Crippen molar-refractivity contribution in [1.82, 2.24) is 14.1 Å². The van der Waals surface area contributed by atoms with Gasteiger partial charge in [0, 0.05) is 70.8 Å². The molecule has 2 N–H and O–H groups in total. The third kappa shape index (κ3) is 3.88. The molecule has 172 valence electrons. The molecule has 0 aliphatic rings. The highest BCUT2D eigenvalue weighted by molar-refractivity contribution is 6.31. The van der Waals surface area contributed by atoms with Gasteiger partial charge in [0.15, 0.2) is 0 Å². The van der Waals surface area contributed by atoms with Crippen molar-refractivity contribution in [2.24, 2.45) is 14.1 Å². The standard InChI is InChI=1S/C29H23ClN4O/c1-4-18-7-5-8-19(13-18)27-24(15-21-16-32-17-33(21)2)29(35)34(3)26-10-6-9-23(28(26)27)22-12-11-20(30)14-25(22)31/h1,5-14,16-17H,15,31H2,2-3H3. The maximum atomic E-state index is 13.8. The normalized spacial score (nSPS) is 11.0. The third-order valence-electron chi connectivity index (χ3n) is 6.41. The van der Waals surface area contributed by atoms with Crippen molar-refractivity contribution < 1.29 is 0 Å². The van der Waals surface area contributed by atoms with Crippen molar-refractivity contribution in [2.45, 2.75) is 6.42 Å². The molecule has 35 heavy (non-hydrogen) atoms. The first-order valence-electron chi connectivity index (χ1n) is 11.1. The largest absolute Gasteiger partial charge is 0.398 e. The number of imidazole rings is 1. The number of aromatic nitrogens is 3. The van der Waals surface area contributed by atoms with Crippen molar-refractivity contribution in [3.63, 3.8) is 0 Å². The van der Waals surface area contributed by atoms with Crippen LogP contribution < -0.4 is 11.3 Å². The maximum Gasteiger partial charge on any atom is 0.255 e. The predicted molar refractivity (Wildman–Crippen MR) is 143 cm³/mol. The maximum absolute atomic E-state index is 13.8. The van der Waals surface area contributed by atoms with Gasteiger partial charge in [0.25, 0.3) is 5.56 Å². The van der Waals surface area contributed by atoms with Crippen LogP contribution in [0.2, 0.25) is 5.02 Å². The first-order chi connectivity index (χ1) is 16.9. The molecule has 0 amide bonds. The SMILES string of the molecule is C#Cc1cccc(-c2c(Cc3cncn3C)c(=O)n(C)c3cccc(-c4ccc(Cl)cc4N)c23)c1. The van der Waals surface area contributed by atoms with E-state index in [9.17, 15) is 4.79 Å². The van der Waals surface area contributed by atoms with E-state index in [-0.39, 0.29) is 5.56 Å². The number of aryl methyl sites for hydroxylation is 2. The van der Waals surface area contributed by atoms with Crippen LogP contribution in [0.15, 0.2) is 78.0 Å². The van der Waals surface area contributed by atoms with Gasteiger partial charge in [-0.25, -0.2) is 4.98 Å². The first kappa shape index (κ1) is 22.5. The highest BCUT2D eigenvalue weighted by atomic mass is 35.5. The molecule has 2 heterocycles. The molecule has 5 nitrogen and oxygen atoms in total. The molecule has 6 heteroatoms. The number of hydrogen-bond acceptors (Lipinski definition) is 3. The minimum atomic E-state index is -0.0685. The van der Waals surface area contributed by atoms with Crippen LogP contribution >= 0.6 is 11.6 Å². The zero-order chi connectivity index (χ0) is 24.7. The summed E-state index contributed by atoms with van der Waals surface area (Å²) in [6, 6.07) is 19.1. The number of nitrogens with two attached hydrogens (primary N) is 1. The molecule has 3 aromatic carbocycles. The van der Waals surface area contributed by atoms with Gasteiger partial charge in [-0.3, -0.25) is 4.79 Å². The van der Waals surface area contributed by atoms with Crippen molar-refractivity contribution in [2.75, 3.05) is 5.73 Å². The van der Waals surface area contributed by atoms with Crippen LogP contribution in [-0.4, -0.2) is 14.1 Å². The van der Waals surface area contributed by atoms with Gasteiger partial charge < -0.3 is 14.9 Å². The highest BCUT2D eigenvalue weighted by Gasteiger charge is 2.22. The number of nitrogen functional groups attached to an aromatic ring is 1. The fourth-order valence-electron chi connectivity index (χ4n) is 4.64. The number of fused-ring (bicyclic) bond motifs is 1. The zero-order valence-corrected chi connectivity index (χ0v) is 20.2. The highest BCUT2D eigenvalue weighted by Crippen LogP contribution is 2.40. The average Bonchev–Trinajstić information content (AvgIpc) is 3.26. The number of pyridine rings is 1. The Morgan fingerprint density at radius 2 is 1.86 bits per heavy atom. The number of hydrogen-bond donors (Lipinski definition) is 1. The Bertz CT molecular complexity index is 1700. The minimum absolute atomic E-state index is 0.0685. The van der Waals surface area contributed by atoms with Crippen LogP contribution in [0.5, 0.6) is 0 Å². The number of anilines is 1. The third-order valence-corrected chi connectivity index (χ3v) is 6.65. The van der Waals surface area contributed by atoms with Gasteiger partial charge >= 0.3 is 0 Å². The van der Waals surface area contributed by atoms with E-state index in [1.54, 1.807) is 30.2 Å². The van der Waals surface area contributed by atoms with Crippen LogP contribution in [-0.2, 0) is 20.5 Å². The van der Waals surface area contributed by atoms with Crippen LogP contribution in [0.25, 0.3) is 33.2 Å². The summed E-state index contributed by atoms with van der Waals surface area (Å²) in [5, 5.41) is 1.49. The predicted octanol–water partition coefficient (Wildman–Crippen LogP) is 5.41. The molecule has 0 aliphatic heterocycles. The molecule has 5 rings (SSSR count). The molecule has 0 saturated carbocycles. The molecule has 0 saturated heterocycles. The summed E-state index contributed by atoms with van der Waals surface area (Å²) in [6.07, 6.45) is 9.67. The second kappa shape index (κ2) is 8.83. The van der Waals surface area contributed by atoms with Crippen molar-refractivity contribution in [3.8, 4) is 34.6 Å². The minimum Gasteiger partial charge on any atom is -0.398 e. The van der Waals surface area contributed by atoms with Gasteiger partial charge in [0.1, 0.15) is 0 Å². The van der Waals surface area contributed by atoms with Crippen LogP contribution in [0, 0.1) is 12.3 Å². The van der Waals surface area contributed by atoms with Gasteiger partial charge in [-0.05, 0) is 41.5 Å². The quantitative estimate of drug-likeness (QED) is 0.277. The Morgan fingerprint density at radius 3 is 2.57 bits per heavy atom. The van der Waals surface area contributed by atoms with E-state index in [1.807, 2.05) is 66.2 Å². The fourth-order valence-corrected chi connectivity index (χ4v) is 4.82. The molecule has 0 bridgehead atoms. The summed E-state index contributed by atoms with van der Waals surface area (Å²) >= 11 is 6.20. The molecule has 0 atom stereocenters. The summed E-state index contributed by atoms with van der Waals surface area (Å²) in [7, 11) is 3.72. The number of nitrogens with zero attached hydrogens (tertiary/aromatic N) is 3. The summed E-state index contributed by atoms with van der Waals surface area (Å²) < 4.78 is 3.62. The van der Waals surface area contributed by atoms with Crippen LogP contribution in [0.3, 0.4) is 0 Å². The van der Waals surface area contributed by atoms with E-state index in [2.05, 4.69) is 10.9 Å². The van der Waals surface area contributed by atoms with E-state index in [0.717, 1.165) is 44.4 Å². The molecule has 0 radical (unpaired) electrons. The Kier molecular flexibility index (Phi) is 5.68. The molecule has 0 spiro atoms. The van der Waals surface area contributed by atoms with Gasteiger partial charge in [0.2, 0.25) is 0 Å². The number of terminal acetylenes is 1. The van der Waals surface area contributed by atoms with Gasteiger partial charge in [-0.15, -0.1) is 6.42 Å². The van der Waals surface area contributed by atoms with Crippen LogP contribution in [0.1, 0.15) is 16.8 Å². The molecule has 2 aromatic heterocycles. The van der Waals surface area contributed by atoms with Gasteiger partial charge in [-0.2, -0.15) is 0 Å². The Balaban J connectivity index is 1.96. The summed E-state index contributed by atoms with van der Waals surface area (Å²) in [5.41, 5.74) is 13.5. The average molecular weight is 479 g/mol. The van der Waals surface area contributed by atoms with Crippen molar-refractivity contribution in [3.05, 3.63) is 105 Å². The second-order valence-corrected chi connectivity index (χ2v) is 8.98. The van der Waals surface area contributed by atoms with E-state index in [0.29, 0.717) is 22.7 Å². The Hall–Kier alpha value is -4.27. The van der Waals surface area contributed by atoms with Crippen molar-refractivity contribution in [1.29, 1.82) is 0 Å². The zero-order valence-electron chi connectivity index (χ0n) is 19.4. The Morgan fingerprint density at radius 1 is 1.06 bits per heavy atom. The van der Waals surface area contributed by atoms with E-state index in [1.165, 1.54) is 0 Å². The van der Waals surface area contributed by atoms with Gasteiger partial charge in [0.05, 0.1) is 11.8 Å². The summed E-state index contributed by atoms with van der Waals surface area (Å²) in [4.78, 5) is 18.0. The number of benzene rings is 3. The number of halogens is 1. The molecular weight excluding hydrogens is 456 g/mol. The summed E-state index contributed by atoms with van der Waals surface area (Å²) in [6.45, 7) is 0. The lowest BCUT2D eigenvalue weighted by molar-refractivity contribution is 0.827. The summed E-state index contributed by atoms with van der Waals surface area (Å²) in [5.74, 6) is 2.71. The molecule has 0 fully saturated rings. The first-order valence-corrected chi connectivity index (χ1v) is 11.5. The van der Waals surface area contributed by atoms with Crippen molar-refractivity contribution >= 4 is 28.2 Å². The second-order valence-electron chi connectivity index (χ2n) is 8.55. The fraction of sp³-hybridized carbons (Fsp3) is 0.103. The monoisotopic (exact) mass is 478 g/mol. The topological polar surface area (TPSA) is 65.8 Å². The molecule has 5 aromatic rings. The van der Waals surface area contributed by atoms with Gasteiger partial charge in [-0.1, -0.05) is 47.9 Å². The van der Waals surface area contributed by atoms with E-state index < -0.39 is 0 Å². The van der Waals surface area contributed by atoms with Crippen LogP contribution in [0.4, 0.5) is 5.69 Å².